The summed E-state index contributed by atoms with van der Waals surface area (Å²) >= 11 is 0. The third kappa shape index (κ3) is 3.27. The van der Waals surface area contributed by atoms with Gasteiger partial charge in [-0.25, -0.2) is 4.79 Å². The van der Waals surface area contributed by atoms with E-state index in [0.29, 0.717) is 31.6 Å². The van der Waals surface area contributed by atoms with E-state index in [0.717, 1.165) is 0 Å². The smallest absolute Gasteiger partial charge is 0.410 e. The molecule has 0 spiro atoms. The van der Waals surface area contributed by atoms with Gasteiger partial charge in [0.05, 0.1) is 5.69 Å². The van der Waals surface area contributed by atoms with Crippen LogP contribution in [0.4, 0.5) is 4.79 Å². The predicted molar refractivity (Wildman–Crippen MR) is 60.2 cm³/mol. The monoisotopic (exact) mass is 234 g/mol. The van der Waals surface area contributed by atoms with Crippen molar-refractivity contribution in [3.8, 4) is 0 Å². The van der Waals surface area contributed by atoms with Crippen LogP contribution in [0.5, 0.6) is 0 Å². The van der Waals surface area contributed by atoms with Crippen molar-refractivity contribution in [1.82, 2.24) is 9.88 Å². The first-order chi connectivity index (χ1) is 8.25. The average molecular weight is 234 g/mol. The molecule has 1 saturated heterocycles. The van der Waals surface area contributed by atoms with Gasteiger partial charge in [-0.2, -0.15) is 0 Å². The fraction of sp³-hybridized carbons (Fsp3) is 0.417. The van der Waals surface area contributed by atoms with E-state index in [-0.39, 0.29) is 18.5 Å². The second-order valence-corrected chi connectivity index (χ2v) is 3.90. The minimum Gasteiger partial charge on any atom is -0.443 e. The number of carbonyl (C=O) groups excluding carboxylic acids is 2. The van der Waals surface area contributed by atoms with Gasteiger partial charge in [0, 0.05) is 32.1 Å². The molecule has 0 aromatic carbocycles. The minimum absolute atomic E-state index is 0.171. The Morgan fingerprint density at radius 2 is 2.12 bits per heavy atom. The lowest BCUT2D eigenvalue weighted by Gasteiger charge is -2.25. The van der Waals surface area contributed by atoms with Gasteiger partial charge in [-0.1, -0.05) is 6.07 Å². The van der Waals surface area contributed by atoms with E-state index in [9.17, 15) is 9.59 Å². The Labute approximate surface area is 99.4 Å². The maximum atomic E-state index is 11.6. The van der Waals surface area contributed by atoms with E-state index >= 15 is 0 Å². The van der Waals surface area contributed by atoms with Crippen LogP contribution in [0.2, 0.25) is 0 Å². The minimum atomic E-state index is -0.372. The van der Waals surface area contributed by atoms with Crippen LogP contribution in [0.15, 0.2) is 24.4 Å². The molecule has 90 valence electrons. The molecule has 0 radical (unpaired) electrons. The highest BCUT2D eigenvalue weighted by molar-refractivity contribution is 5.81. The van der Waals surface area contributed by atoms with Crippen molar-refractivity contribution < 1.29 is 14.3 Å². The number of rotatable bonds is 2. The van der Waals surface area contributed by atoms with E-state index in [4.69, 9.17) is 4.74 Å². The van der Waals surface area contributed by atoms with Gasteiger partial charge < -0.3 is 9.64 Å². The lowest BCUT2D eigenvalue weighted by atomic mass is 10.1. The van der Waals surface area contributed by atoms with Crippen LogP contribution in [-0.4, -0.2) is 34.8 Å². The first kappa shape index (κ1) is 11.6. The van der Waals surface area contributed by atoms with Crippen molar-refractivity contribution in [2.24, 2.45) is 0 Å². The van der Waals surface area contributed by atoms with Crippen molar-refractivity contribution in [2.45, 2.75) is 19.4 Å². The summed E-state index contributed by atoms with van der Waals surface area (Å²) in [5.74, 6) is 0.207. The highest BCUT2D eigenvalue weighted by atomic mass is 16.6. The zero-order chi connectivity index (χ0) is 12.1. The molecule has 1 aromatic heterocycles. The molecule has 0 saturated carbocycles. The predicted octanol–water partition coefficient (Wildman–Crippen LogP) is 1.38. The van der Waals surface area contributed by atoms with Gasteiger partial charge in [0.15, 0.2) is 0 Å². The zero-order valence-corrected chi connectivity index (χ0v) is 9.46. The quantitative estimate of drug-likeness (QED) is 0.775. The van der Waals surface area contributed by atoms with Gasteiger partial charge in [-0.05, 0) is 12.1 Å². The summed E-state index contributed by atoms with van der Waals surface area (Å²) in [5.41, 5.74) is 0.717. The molecule has 2 heterocycles. The number of hydrogen-bond acceptors (Lipinski definition) is 4. The zero-order valence-electron chi connectivity index (χ0n) is 9.46. The molecule has 0 aliphatic carbocycles. The van der Waals surface area contributed by atoms with E-state index in [1.807, 2.05) is 12.1 Å². The van der Waals surface area contributed by atoms with Gasteiger partial charge in [-0.3, -0.25) is 9.78 Å². The van der Waals surface area contributed by atoms with Crippen LogP contribution in [0.25, 0.3) is 0 Å². The Kier molecular flexibility index (Phi) is 3.69. The third-order valence-electron chi connectivity index (χ3n) is 2.65. The molecule has 5 nitrogen and oxygen atoms in total. The summed E-state index contributed by atoms with van der Waals surface area (Å²) in [6.07, 6.45) is 2.14. The van der Waals surface area contributed by atoms with Crippen molar-refractivity contribution in [1.29, 1.82) is 0 Å². The van der Waals surface area contributed by atoms with Gasteiger partial charge >= 0.3 is 6.09 Å². The van der Waals surface area contributed by atoms with E-state index in [1.165, 1.54) is 0 Å². The van der Waals surface area contributed by atoms with E-state index < -0.39 is 0 Å². The Hall–Kier alpha value is -1.91. The largest absolute Gasteiger partial charge is 0.443 e. The number of Topliss-reactive ketones (excluding diaryl/α,β-unsaturated/α-hetero) is 1. The molecule has 5 heteroatoms. The fourth-order valence-corrected chi connectivity index (χ4v) is 1.65. The normalized spacial score (nSPS) is 15.8. The maximum absolute atomic E-state index is 11.6. The number of hydrogen-bond donors (Lipinski definition) is 0. The molecule has 0 N–H and O–H groups in total. The number of piperidine rings is 1. The van der Waals surface area contributed by atoms with Gasteiger partial charge in [0.25, 0.3) is 0 Å². The maximum Gasteiger partial charge on any atom is 0.410 e. The molecule has 0 unspecified atom stereocenters. The number of carbonyl (C=O) groups is 2. The first-order valence-corrected chi connectivity index (χ1v) is 5.59. The molecule has 1 aromatic rings. The molecule has 1 aliphatic rings. The highest BCUT2D eigenvalue weighted by Crippen LogP contribution is 2.08. The third-order valence-corrected chi connectivity index (χ3v) is 2.65. The second-order valence-electron chi connectivity index (χ2n) is 3.90. The van der Waals surface area contributed by atoms with Crippen molar-refractivity contribution >= 4 is 11.9 Å². The number of aromatic nitrogens is 1. The Morgan fingerprint density at radius 3 is 2.76 bits per heavy atom. The molecule has 0 atom stereocenters. The van der Waals surface area contributed by atoms with Gasteiger partial charge in [-0.15, -0.1) is 0 Å². The topological polar surface area (TPSA) is 59.5 Å². The van der Waals surface area contributed by atoms with Crippen molar-refractivity contribution in [3.63, 3.8) is 0 Å². The van der Waals surface area contributed by atoms with Crippen LogP contribution in [0.3, 0.4) is 0 Å². The highest BCUT2D eigenvalue weighted by Gasteiger charge is 2.21. The second kappa shape index (κ2) is 5.43. The summed E-state index contributed by atoms with van der Waals surface area (Å²) in [5, 5.41) is 0. The van der Waals surface area contributed by atoms with Crippen LogP contribution >= 0.6 is 0 Å². The van der Waals surface area contributed by atoms with Gasteiger partial charge in [0.1, 0.15) is 12.4 Å². The van der Waals surface area contributed by atoms with Crippen molar-refractivity contribution in [3.05, 3.63) is 30.1 Å². The summed E-state index contributed by atoms with van der Waals surface area (Å²) in [6.45, 7) is 1.09. The lowest BCUT2D eigenvalue weighted by molar-refractivity contribution is -0.121. The summed E-state index contributed by atoms with van der Waals surface area (Å²) < 4.78 is 5.12. The standard InChI is InChI=1S/C12H14N2O3/c15-11-4-7-14(8-5-11)12(16)17-9-10-3-1-2-6-13-10/h1-3,6H,4-5,7-9H2. The Bertz CT molecular complexity index is 395. The fourth-order valence-electron chi connectivity index (χ4n) is 1.65. The van der Waals surface area contributed by atoms with Crippen LogP contribution in [0, 0.1) is 0 Å². The van der Waals surface area contributed by atoms with Gasteiger partial charge in [0.2, 0.25) is 0 Å². The molecule has 2 rings (SSSR count). The van der Waals surface area contributed by atoms with E-state index in [1.54, 1.807) is 17.2 Å². The number of amides is 1. The number of nitrogens with zero attached hydrogens (tertiary/aromatic N) is 2. The molecule has 0 bridgehead atoms. The number of ether oxygens (including phenoxy) is 1. The molecule has 17 heavy (non-hydrogen) atoms. The number of pyridine rings is 1. The van der Waals surface area contributed by atoms with Crippen LogP contribution in [0.1, 0.15) is 18.5 Å². The molecular formula is C12H14N2O3. The van der Waals surface area contributed by atoms with E-state index in [2.05, 4.69) is 4.98 Å². The summed E-state index contributed by atoms with van der Waals surface area (Å²) in [7, 11) is 0. The molecule has 1 fully saturated rings. The molecule has 1 amide bonds. The average Bonchev–Trinajstić information content (AvgIpc) is 2.38. The SMILES string of the molecule is O=C1CCN(C(=O)OCc2ccccn2)CC1. The number of ketones is 1. The Morgan fingerprint density at radius 1 is 1.35 bits per heavy atom. The molecule has 1 aliphatic heterocycles. The van der Waals surface area contributed by atoms with Crippen LogP contribution in [-0.2, 0) is 16.1 Å². The summed E-state index contributed by atoms with van der Waals surface area (Å²) in [4.78, 5) is 28.3. The Balaban J connectivity index is 1.80. The first-order valence-electron chi connectivity index (χ1n) is 5.59. The summed E-state index contributed by atoms with van der Waals surface area (Å²) in [6, 6.07) is 5.45. The lowest BCUT2D eigenvalue weighted by Crippen LogP contribution is -2.38. The number of likely N-dealkylation sites (tertiary alicyclic amines) is 1. The molecular weight excluding hydrogens is 220 g/mol. The van der Waals surface area contributed by atoms with Crippen molar-refractivity contribution in [2.75, 3.05) is 13.1 Å². The van der Waals surface area contributed by atoms with Crippen LogP contribution < -0.4 is 0 Å².